The molecule has 2 rings (SSSR count). The molecule has 6 heteroatoms. The Bertz CT molecular complexity index is 629. The van der Waals surface area contributed by atoms with Gasteiger partial charge in [-0.1, -0.05) is 30.3 Å². The number of hydrogen-bond donors (Lipinski definition) is 3. The lowest BCUT2D eigenvalue weighted by Crippen LogP contribution is -2.44. The maximum atomic E-state index is 11.8. The molecule has 1 atom stereocenters. The Hall–Kier alpha value is -2.34. The molecule has 0 fully saturated rings. The van der Waals surface area contributed by atoms with Crippen LogP contribution in [0.5, 0.6) is 0 Å². The van der Waals surface area contributed by atoms with Crippen LogP contribution in [0.2, 0.25) is 0 Å². The number of urea groups is 1. The summed E-state index contributed by atoms with van der Waals surface area (Å²) in [6.07, 6.45) is 1.16. The number of rotatable bonds is 8. The van der Waals surface area contributed by atoms with Crippen LogP contribution in [0.25, 0.3) is 0 Å². The maximum absolute atomic E-state index is 11.8. The average molecular weight is 345 g/mol. The molecular formula is C18H23N3O2S. The quantitative estimate of drug-likeness (QED) is 0.643. The van der Waals surface area contributed by atoms with Crippen molar-refractivity contribution in [3.63, 3.8) is 0 Å². The van der Waals surface area contributed by atoms with Crippen molar-refractivity contribution >= 4 is 23.3 Å². The fourth-order valence-corrected chi connectivity index (χ4v) is 2.99. The van der Waals surface area contributed by atoms with Gasteiger partial charge < -0.3 is 16.0 Å². The van der Waals surface area contributed by atoms with Gasteiger partial charge in [0.15, 0.2) is 0 Å². The van der Waals surface area contributed by atoms with Gasteiger partial charge in [0.2, 0.25) is 5.91 Å². The van der Waals surface area contributed by atoms with Crippen LogP contribution < -0.4 is 16.0 Å². The van der Waals surface area contributed by atoms with Gasteiger partial charge in [0.05, 0.1) is 6.42 Å². The highest BCUT2D eigenvalue weighted by molar-refractivity contribution is 7.07. The van der Waals surface area contributed by atoms with E-state index in [-0.39, 0.29) is 18.0 Å². The van der Waals surface area contributed by atoms with Gasteiger partial charge in [-0.05, 0) is 41.3 Å². The Balaban J connectivity index is 1.56. The number of amides is 3. The maximum Gasteiger partial charge on any atom is 0.315 e. The molecule has 1 aromatic heterocycles. The first kappa shape index (κ1) is 18.0. The van der Waals surface area contributed by atoms with Crippen molar-refractivity contribution in [3.05, 3.63) is 58.3 Å². The van der Waals surface area contributed by atoms with Crippen LogP contribution in [0.4, 0.5) is 4.79 Å². The first-order chi connectivity index (χ1) is 11.6. The lowest BCUT2D eigenvalue weighted by Gasteiger charge is -2.14. The lowest BCUT2D eigenvalue weighted by atomic mass is 10.1. The molecule has 3 N–H and O–H groups in total. The van der Waals surface area contributed by atoms with E-state index in [1.54, 1.807) is 11.3 Å². The molecule has 0 aliphatic carbocycles. The first-order valence-corrected chi connectivity index (χ1v) is 8.94. The standard InChI is InChI=1S/C18H23N3O2S/c1-14(11-16-7-10-24-13-16)21-18(23)20-9-8-19-17(22)12-15-5-3-2-4-6-15/h2-7,10,13-14H,8-9,11-12H2,1H3,(H,19,22)(H2,20,21,23)/t14-/m1/s1. The van der Waals surface area contributed by atoms with Crippen LogP contribution in [-0.4, -0.2) is 31.1 Å². The summed E-state index contributed by atoms with van der Waals surface area (Å²) in [7, 11) is 0. The summed E-state index contributed by atoms with van der Waals surface area (Å²) in [5.41, 5.74) is 2.20. The third-order valence-corrected chi connectivity index (χ3v) is 4.17. The molecule has 0 spiro atoms. The van der Waals surface area contributed by atoms with Crippen molar-refractivity contribution in [1.29, 1.82) is 0 Å². The van der Waals surface area contributed by atoms with Crippen molar-refractivity contribution in [1.82, 2.24) is 16.0 Å². The van der Waals surface area contributed by atoms with Crippen molar-refractivity contribution in [2.75, 3.05) is 13.1 Å². The van der Waals surface area contributed by atoms with Gasteiger partial charge in [-0.3, -0.25) is 4.79 Å². The molecule has 0 bridgehead atoms. The number of carbonyl (C=O) groups excluding carboxylic acids is 2. The number of thiophene rings is 1. The molecule has 2 aromatic rings. The number of benzene rings is 1. The van der Waals surface area contributed by atoms with Gasteiger partial charge in [-0.25, -0.2) is 4.79 Å². The summed E-state index contributed by atoms with van der Waals surface area (Å²) in [5.74, 6) is -0.0470. The van der Waals surface area contributed by atoms with E-state index in [0.717, 1.165) is 12.0 Å². The lowest BCUT2D eigenvalue weighted by molar-refractivity contribution is -0.120. The fraction of sp³-hybridized carbons (Fsp3) is 0.333. The Morgan fingerprint density at radius 2 is 1.79 bits per heavy atom. The van der Waals surface area contributed by atoms with Crippen LogP contribution in [0.3, 0.4) is 0 Å². The zero-order valence-electron chi connectivity index (χ0n) is 13.7. The second-order valence-corrected chi connectivity index (χ2v) is 6.43. The number of nitrogens with one attached hydrogen (secondary N) is 3. The zero-order valence-corrected chi connectivity index (χ0v) is 14.6. The van der Waals surface area contributed by atoms with E-state index in [9.17, 15) is 9.59 Å². The van der Waals surface area contributed by atoms with E-state index in [1.165, 1.54) is 5.56 Å². The van der Waals surface area contributed by atoms with Gasteiger partial charge in [0.25, 0.3) is 0 Å². The minimum atomic E-state index is -0.213. The van der Waals surface area contributed by atoms with E-state index < -0.39 is 0 Å². The second kappa shape index (κ2) is 9.72. The van der Waals surface area contributed by atoms with Crippen LogP contribution >= 0.6 is 11.3 Å². The van der Waals surface area contributed by atoms with E-state index in [4.69, 9.17) is 0 Å². The third kappa shape index (κ3) is 6.83. The summed E-state index contributed by atoms with van der Waals surface area (Å²) in [6, 6.07) is 11.5. The predicted octanol–water partition coefficient (Wildman–Crippen LogP) is 2.34. The SMILES string of the molecule is C[C@H](Cc1ccsc1)NC(=O)NCCNC(=O)Cc1ccccc1. The highest BCUT2D eigenvalue weighted by Crippen LogP contribution is 2.08. The van der Waals surface area contributed by atoms with Gasteiger partial charge in [0.1, 0.15) is 0 Å². The van der Waals surface area contributed by atoms with Gasteiger partial charge in [-0.15, -0.1) is 0 Å². The van der Waals surface area contributed by atoms with Crippen molar-refractivity contribution < 1.29 is 9.59 Å². The fourth-order valence-electron chi connectivity index (χ4n) is 2.31. The predicted molar refractivity (Wildman–Crippen MR) is 97.2 cm³/mol. The van der Waals surface area contributed by atoms with E-state index in [2.05, 4.69) is 27.4 Å². The topological polar surface area (TPSA) is 70.2 Å². The van der Waals surface area contributed by atoms with Crippen molar-refractivity contribution in [2.24, 2.45) is 0 Å². The summed E-state index contributed by atoms with van der Waals surface area (Å²) < 4.78 is 0. The summed E-state index contributed by atoms with van der Waals surface area (Å²) in [5, 5.41) is 12.5. The molecule has 0 unspecified atom stereocenters. The molecule has 1 aromatic carbocycles. The molecular weight excluding hydrogens is 322 g/mol. The molecule has 0 saturated heterocycles. The van der Waals surface area contributed by atoms with Gasteiger partial charge in [0, 0.05) is 19.1 Å². The Labute approximate surface area is 146 Å². The van der Waals surface area contributed by atoms with E-state index >= 15 is 0 Å². The van der Waals surface area contributed by atoms with Gasteiger partial charge >= 0.3 is 6.03 Å². The third-order valence-electron chi connectivity index (χ3n) is 3.44. The highest BCUT2D eigenvalue weighted by Gasteiger charge is 2.08. The summed E-state index contributed by atoms with van der Waals surface area (Å²) in [4.78, 5) is 23.6. The minimum Gasteiger partial charge on any atom is -0.354 e. The van der Waals surface area contributed by atoms with E-state index in [0.29, 0.717) is 19.5 Å². The largest absolute Gasteiger partial charge is 0.354 e. The highest BCUT2D eigenvalue weighted by atomic mass is 32.1. The minimum absolute atomic E-state index is 0.0470. The number of carbonyl (C=O) groups is 2. The summed E-state index contributed by atoms with van der Waals surface area (Å²) in [6.45, 7) is 2.79. The Morgan fingerprint density at radius 3 is 2.50 bits per heavy atom. The number of hydrogen-bond acceptors (Lipinski definition) is 3. The zero-order chi connectivity index (χ0) is 17.2. The normalized spacial score (nSPS) is 11.5. The molecule has 0 aliphatic rings. The molecule has 0 saturated carbocycles. The van der Waals surface area contributed by atoms with Crippen LogP contribution in [-0.2, 0) is 17.6 Å². The van der Waals surface area contributed by atoms with Crippen LogP contribution in [0, 0.1) is 0 Å². The monoisotopic (exact) mass is 345 g/mol. The molecule has 1 heterocycles. The van der Waals surface area contributed by atoms with E-state index in [1.807, 2.05) is 42.6 Å². The molecule has 24 heavy (non-hydrogen) atoms. The molecule has 128 valence electrons. The molecule has 3 amide bonds. The second-order valence-electron chi connectivity index (χ2n) is 5.65. The Morgan fingerprint density at radius 1 is 1.04 bits per heavy atom. The van der Waals surface area contributed by atoms with Gasteiger partial charge in [-0.2, -0.15) is 11.3 Å². The smallest absolute Gasteiger partial charge is 0.315 e. The average Bonchev–Trinajstić information content (AvgIpc) is 3.05. The van der Waals surface area contributed by atoms with Crippen LogP contribution in [0.15, 0.2) is 47.2 Å². The van der Waals surface area contributed by atoms with Crippen LogP contribution in [0.1, 0.15) is 18.1 Å². The summed E-state index contributed by atoms with van der Waals surface area (Å²) >= 11 is 1.65. The molecule has 5 nitrogen and oxygen atoms in total. The molecule has 0 radical (unpaired) electrons. The molecule has 0 aliphatic heterocycles. The van der Waals surface area contributed by atoms with Crippen molar-refractivity contribution in [3.8, 4) is 0 Å². The Kier molecular flexibility index (Phi) is 7.29. The first-order valence-electron chi connectivity index (χ1n) is 7.99. The van der Waals surface area contributed by atoms with Crippen molar-refractivity contribution in [2.45, 2.75) is 25.8 Å².